The van der Waals surface area contributed by atoms with Gasteiger partial charge in [-0.1, -0.05) is 36.4 Å². The van der Waals surface area contributed by atoms with Crippen LogP contribution in [0.5, 0.6) is 0 Å². The first-order valence-corrected chi connectivity index (χ1v) is 8.07. The molecule has 0 saturated heterocycles. The Bertz CT molecular complexity index is 515. The molecule has 0 radical (unpaired) electrons. The SMILES string of the molecule is CSCCCNC[C@H](O)c1ccc2ccccc2c1. The molecule has 0 bridgehead atoms. The minimum atomic E-state index is -0.432. The lowest BCUT2D eigenvalue weighted by molar-refractivity contribution is 0.175. The molecule has 0 aromatic heterocycles. The van der Waals surface area contributed by atoms with Gasteiger partial charge in [-0.05, 0) is 47.4 Å². The zero-order valence-corrected chi connectivity index (χ0v) is 12.1. The van der Waals surface area contributed by atoms with Gasteiger partial charge in [-0.25, -0.2) is 0 Å². The number of fused-ring (bicyclic) bond motifs is 1. The zero-order chi connectivity index (χ0) is 13.5. The third-order valence-corrected chi connectivity index (χ3v) is 3.89. The molecule has 0 heterocycles. The van der Waals surface area contributed by atoms with E-state index >= 15 is 0 Å². The van der Waals surface area contributed by atoms with Crippen LogP contribution < -0.4 is 5.32 Å². The van der Waals surface area contributed by atoms with Gasteiger partial charge < -0.3 is 10.4 Å². The molecule has 102 valence electrons. The van der Waals surface area contributed by atoms with E-state index in [9.17, 15) is 5.11 Å². The van der Waals surface area contributed by atoms with E-state index in [4.69, 9.17) is 0 Å². The molecular weight excluding hydrogens is 254 g/mol. The van der Waals surface area contributed by atoms with Crippen LogP contribution in [0.1, 0.15) is 18.1 Å². The predicted molar refractivity (Wildman–Crippen MR) is 84.8 cm³/mol. The Morgan fingerprint density at radius 1 is 1.16 bits per heavy atom. The first-order valence-electron chi connectivity index (χ1n) is 6.67. The fourth-order valence-corrected chi connectivity index (χ4v) is 2.55. The maximum atomic E-state index is 10.2. The lowest BCUT2D eigenvalue weighted by Crippen LogP contribution is -2.22. The summed E-state index contributed by atoms with van der Waals surface area (Å²) in [5, 5.41) is 15.9. The molecule has 0 fully saturated rings. The van der Waals surface area contributed by atoms with E-state index in [-0.39, 0.29) is 0 Å². The minimum Gasteiger partial charge on any atom is -0.387 e. The van der Waals surface area contributed by atoms with Crippen molar-refractivity contribution in [3.63, 3.8) is 0 Å². The molecule has 2 rings (SSSR count). The molecule has 0 amide bonds. The van der Waals surface area contributed by atoms with E-state index < -0.39 is 6.10 Å². The van der Waals surface area contributed by atoms with Crippen LogP contribution in [0.2, 0.25) is 0 Å². The minimum absolute atomic E-state index is 0.432. The summed E-state index contributed by atoms with van der Waals surface area (Å²) >= 11 is 1.86. The lowest BCUT2D eigenvalue weighted by Gasteiger charge is -2.13. The number of thioether (sulfide) groups is 1. The summed E-state index contributed by atoms with van der Waals surface area (Å²) in [6.07, 6.45) is 2.83. The quantitative estimate of drug-likeness (QED) is 0.761. The highest BCUT2D eigenvalue weighted by Gasteiger charge is 2.07. The second-order valence-corrected chi connectivity index (χ2v) is 5.66. The number of hydrogen-bond donors (Lipinski definition) is 2. The largest absolute Gasteiger partial charge is 0.387 e. The van der Waals surface area contributed by atoms with Crippen LogP contribution in [-0.2, 0) is 0 Å². The second-order valence-electron chi connectivity index (χ2n) is 4.67. The number of aliphatic hydroxyl groups is 1. The Kier molecular flexibility index (Phi) is 5.70. The fraction of sp³-hybridized carbons (Fsp3) is 0.375. The highest BCUT2D eigenvalue weighted by Crippen LogP contribution is 2.19. The molecule has 2 nitrogen and oxygen atoms in total. The smallest absolute Gasteiger partial charge is 0.0914 e. The van der Waals surface area contributed by atoms with Crippen LogP contribution in [0.4, 0.5) is 0 Å². The number of benzene rings is 2. The fourth-order valence-electron chi connectivity index (χ4n) is 2.11. The topological polar surface area (TPSA) is 32.3 Å². The van der Waals surface area contributed by atoms with Gasteiger partial charge in [-0.15, -0.1) is 0 Å². The Labute approximate surface area is 119 Å². The van der Waals surface area contributed by atoms with Gasteiger partial charge >= 0.3 is 0 Å². The Morgan fingerprint density at radius 3 is 2.74 bits per heavy atom. The van der Waals surface area contributed by atoms with E-state index in [2.05, 4.69) is 35.8 Å². The van der Waals surface area contributed by atoms with Gasteiger partial charge in [0.2, 0.25) is 0 Å². The van der Waals surface area contributed by atoms with Crippen molar-refractivity contribution in [2.75, 3.05) is 25.1 Å². The van der Waals surface area contributed by atoms with Crippen molar-refractivity contribution in [1.29, 1.82) is 0 Å². The van der Waals surface area contributed by atoms with Gasteiger partial charge in [0, 0.05) is 6.54 Å². The molecule has 0 aliphatic rings. The van der Waals surface area contributed by atoms with Crippen LogP contribution in [0.25, 0.3) is 10.8 Å². The second kappa shape index (κ2) is 7.53. The third kappa shape index (κ3) is 4.23. The summed E-state index contributed by atoms with van der Waals surface area (Å²) in [5.41, 5.74) is 0.982. The predicted octanol–water partition coefficient (Wildman–Crippen LogP) is 3.22. The summed E-state index contributed by atoms with van der Waals surface area (Å²) in [6.45, 7) is 1.58. The molecule has 0 spiro atoms. The van der Waals surface area contributed by atoms with Gasteiger partial charge in [-0.3, -0.25) is 0 Å². The van der Waals surface area contributed by atoms with E-state index in [0.29, 0.717) is 6.54 Å². The van der Waals surface area contributed by atoms with Crippen LogP contribution in [0.3, 0.4) is 0 Å². The molecule has 19 heavy (non-hydrogen) atoms. The molecule has 0 unspecified atom stereocenters. The zero-order valence-electron chi connectivity index (χ0n) is 11.3. The summed E-state index contributed by atoms with van der Waals surface area (Å²) in [6, 6.07) is 14.4. The van der Waals surface area contributed by atoms with Crippen LogP contribution in [-0.4, -0.2) is 30.2 Å². The molecule has 0 aliphatic heterocycles. The van der Waals surface area contributed by atoms with E-state index in [1.165, 1.54) is 16.5 Å². The van der Waals surface area contributed by atoms with Crippen molar-refractivity contribution in [2.45, 2.75) is 12.5 Å². The normalized spacial score (nSPS) is 12.7. The van der Waals surface area contributed by atoms with Gasteiger partial charge in [-0.2, -0.15) is 11.8 Å². The van der Waals surface area contributed by atoms with Crippen molar-refractivity contribution in [3.05, 3.63) is 48.0 Å². The highest BCUT2D eigenvalue weighted by atomic mass is 32.2. The Morgan fingerprint density at radius 2 is 1.95 bits per heavy atom. The standard InChI is InChI=1S/C16H21NOS/c1-19-10-4-9-17-12-16(18)15-8-7-13-5-2-3-6-14(13)11-15/h2-3,5-8,11,16-18H,4,9-10,12H2,1H3/t16-/m0/s1. The maximum absolute atomic E-state index is 10.2. The van der Waals surface area contributed by atoms with Crippen molar-refractivity contribution in [2.24, 2.45) is 0 Å². The summed E-state index contributed by atoms with van der Waals surface area (Å²) in [7, 11) is 0. The monoisotopic (exact) mass is 275 g/mol. The number of nitrogens with one attached hydrogen (secondary N) is 1. The van der Waals surface area contributed by atoms with Gasteiger partial charge in [0.05, 0.1) is 6.10 Å². The molecule has 1 atom stereocenters. The Hall–Kier alpha value is -1.03. The van der Waals surface area contributed by atoms with Crippen LogP contribution in [0, 0.1) is 0 Å². The van der Waals surface area contributed by atoms with Crippen molar-refractivity contribution in [1.82, 2.24) is 5.32 Å². The summed E-state index contributed by atoms with van der Waals surface area (Å²) in [5.74, 6) is 1.17. The third-order valence-electron chi connectivity index (χ3n) is 3.20. The first-order chi connectivity index (χ1) is 9.31. The van der Waals surface area contributed by atoms with E-state index in [1.54, 1.807) is 0 Å². The van der Waals surface area contributed by atoms with Crippen molar-refractivity contribution < 1.29 is 5.11 Å². The molecule has 2 aromatic carbocycles. The van der Waals surface area contributed by atoms with Crippen LogP contribution >= 0.6 is 11.8 Å². The highest BCUT2D eigenvalue weighted by molar-refractivity contribution is 7.98. The van der Waals surface area contributed by atoms with Crippen LogP contribution in [0.15, 0.2) is 42.5 Å². The van der Waals surface area contributed by atoms with Gasteiger partial charge in [0.1, 0.15) is 0 Å². The molecular formula is C16H21NOS. The van der Waals surface area contributed by atoms with E-state index in [0.717, 1.165) is 18.5 Å². The van der Waals surface area contributed by atoms with Gasteiger partial charge in [0.15, 0.2) is 0 Å². The van der Waals surface area contributed by atoms with Crippen molar-refractivity contribution in [3.8, 4) is 0 Å². The van der Waals surface area contributed by atoms with Gasteiger partial charge in [0.25, 0.3) is 0 Å². The lowest BCUT2D eigenvalue weighted by atomic mass is 10.0. The molecule has 0 aliphatic carbocycles. The van der Waals surface area contributed by atoms with Crippen molar-refractivity contribution >= 4 is 22.5 Å². The average Bonchev–Trinajstić information content (AvgIpc) is 2.46. The summed E-state index contributed by atoms with van der Waals surface area (Å²) in [4.78, 5) is 0. The first kappa shape index (κ1) is 14.4. The molecule has 3 heteroatoms. The molecule has 2 aromatic rings. The van der Waals surface area contributed by atoms with E-state index in [1.807, 2.05) is 30.0 Å². The summed E-state index contributed by atoms with van der Waals surface area (Å²) < 4.78 is 0. The Balaban J connectivity index is 1.91. The molecule has 2 N–H and O–H groups in total. The number of rotatable bonds is 7. The number of hydrogen-bond acceptors (Lipinski definition) is 3. The number of aliphatic hydroxyl groups excluding tert-OH is 1. The maximum Gasteiger partial charge on any atom is 0.0914 e. The average molecular weight is 275 g/mol. The molecule has 0 saturated carbocycles.